The van der Waals surface area contributed by atoms with Crippen LogP contribution in [0.2, 0.25) is 0 Å². The van der Waals surface area contributed by atoms with E-state index in [1.165, 1.54) is 4.88 Å². The second-order valence-electron chi connectivity index (χ2n) is 2.26. The number of hydrogen-bond donors (Lipinski definition) is 2. The average molecular weight is 168 g/mol. The Bertz CT molecular complexity index is 206. The third-order valence-electron chi connectivity index (χ3n) is 1.49. The number of rotatable bonds is 4. The van der Waals surface area contributed by atoms with Gasteiger partial charge in [0.15, 0.2) is 0 Å². The van der Waals surface area contributed by atoms with E-state index in [1.54, 1.807) is 11.3 Å². The molecule has 0 amide bonds. The van der Waals surface area contributed by atoms with Crippen molar-refractivity contribution in [1.29, 1.82) is 0 Å². The first-order chi connectivity index (χ1) is 5.38. The molecule has 2 nitrogen and oxygen atoms in total. The van der Waals surface area contributed by atoms with Gasteiger partial charge in [0.25, 0.3) is 0 Å². The zero-order chi connectivity index (χ0) is 8.10. The van der Waals surface area contributed by atoms with Gasteiger partial charge in [-0.3, -0.25) is 11.3 Å². The van der Waals surface area contributed by atoms with Crippen molar-refractivity contribution < 1.29 is 0 Å². The first-order valence-electron chi connectivity index (χ1n) is 3.49. The van der Waals surface area contributed by atoms with Crippen molar-refractivity contribution in [1.82, 2.24) is 5.43 Å². The minimum Gasteiger partial charge on any atom is -0.271 e. The quantitative estimate of drug-likeness (QED) is 0.409. The second-order valence-corrected chi connectivity index (χ2v) is 3.24. The summed E-state index contributed by atoms with van der Waals surface area (Å²) in [5.41, 5.74) is 2.74. The first-order valence-corrected chi connectivity index (χ1v) is 4.37. The first kappa shape index (κ1) is 8.46. The topological polar surface area (TPSA) is 38.0 Å². The highest BCUT2D eigenvalue weighted by Gasteiger charge is 2.06. The highest BCUT2D eigenvalue weighted by Crippen LogP contribution is 2.20. The number of hydrazine groups is 1. The van der Waals surface area contributed by atoms with Crippen LogP contribution in [0.25, 0.3) is 0 Å². The predicted octanol–water partition coefficient (Wildman–Crippen LogP) is 1.83. The van der Waals surface area contributed by atoms with Gasteiger partial charge in [0.2, 0.25) is 0 Å². The minimum absolute atomic E-state index is 0.229. The van der Waals surface area contributed by atoms with Gasteiger partial charge in [-0.25, -0.2) is 0 Å². The van der Waals surface area contributed by atoms with Gasteiger partial charge < -0.3 is 0 Å². The lowest BCUT2D eigenvalue weighted by molar-refractivity contribution is 0.570. The van der Waals surface area contributed by atoms with Crippen LogP contribution in [-0.4, -0.2) is 0 Å². The summed E-state index contributed by atoms with van der Waals surface area (Å²) < 4.78 is 0. The molecule has 0 aliphatic carbocycles. The Kier molecular flexibility index (Phi) is 3.29. The highest BCUT2D eigenvalue weighted by atomic mass is 32.1. The Balaban J connectivity index is 2.62. The van der Waals surface area contributed by atoms with E-state index in [0.717, 1.165) is 6.42 Å². The smallest absolute Gasteiger partial charge is 0.0587 e. The zero-order valence-electron chi connectivity index (χ0n) is 6.29. The van der Waals surface area contributed by atoms with Crippen LogP contribution >= 0.6 is 11.3 Å². The van der Waals surface area contributed by atoms with E-state index in [9.17, 15) is 0 Å². The molecular weight excluding hydrogens is 156 g/mol. The molecule has 0 saturated heterocycles. The second kappa shape index (κ2) is 4.28. The van der Waals surface area contributed by atoms with Gasteiger partial charge in [-0.15, -0.1) is 17.9 Å². The Morgan fingerprint density at radius 1 is 1.82 bits per heavy atom. The molecule has 0 radical (unpaired) electrons. The fraction of sp³-hybridized carbons (Fsp3) is 0.250. The van der Waals surface area contributed by atoms with Crippen LogP contribution in [0.5, 0.6) is 0 Å². The van der Waals surface area contributed by atoms with Gasteiger partial charge in [0, 0.05) is 4.88 Å². The lowest BCUT2D eigenvalue weighted by atomic mass is 10.2. The Morgan fingerprint density at radius 3 is 3.09 bits per heavy atom. The maximum Gasteiger partial charge on any atom is 0.0587 e. The normalized spacial score (nSPS) is 12.8. The fourth-order valence-electron chi connectivity index (χ4n) is 0.923. The Hall–Kier alpha value is -0.640. The summed E-state index contributed by atoms with van der Waals surface area (Å²) >= 11 is 1.71. The van der Waals surface area contributed by atoms with Crippen molar-refractivity contribution in [2.45, 2.75) is 12.5 Å². The lowest BCUT2D eigenvalue weighted by Crippen LogP contribution is -2.26. The summed E-state index contributed by atoms with van der Waals surface area (Å²) in [6.45, 7) is 3.67. The van der Waals surface area contributed by atoms with Crippen LogP contribution in [0, 0.1) is 0 Å². The van der Waals surface area contributed by atoms with Crippen LogP contribution in [0.15, 0.2) is 30.2 Å². The molecule has 1 rings (SSSR count). The molecule has 0 aliphatic rings. The molecular formula is C8H12N2S. The fourth-order valence-corrected chi connectivity index (χ4v) is 1.72. The summed E-state index contributed by atoms with van der Waals surface area (Å²) in [5.74, 6) is 5.36. The van der Waals surface area contributed by atoms with Gasteiger partial charge >= 0.3 is 0 Å². The largest absolute Gasteiger partial charge is 0.271 e. The summed E-state index contributed by atoms with van der Waals surface area (Å²) in [6, 6.07) is 4.32. The molecule has 3 heteroatoms. The van der Waals surface area contributed by atoms with Gasteiger partial charge in [0.1, 0.15) is 0 Å². The van der Waals surface area contributed by atoms with E-state index in [2.05, 4.69) is 18.1 Å². The van der Waals surface area contributed by atoms with E-state index >= 15 is 0 Å². The molecule has 60 valence electrons. The maximum absolute atomic E-state index is 5.36. The van der Waals surface area contributed by atoms with Gasteiger partial charge in [-0.1, -0.05) is 12.1 Å². The van der Waals surface area contributed by atoms with E-state index in [0.29, 0.717) is 0 Å². The van der Waals surface area contributed by atoms with E-state index in [1.807, 2.05) is 17.5 Å². The summed E-state index contributed by atoms with van der Waals surface area (Å²) in [4.78, 5) is 1.26. The van der Waals surface area contributed by atoms with Crippen molar-refractivity contribution >= 4 is 11.3 Å². The molecule has 1 aromatic heterocycles. The number of nitrogens with two attached hydrogens (primary N) is 1. The monoisotopic (exact) mass is 168 g/mol. The molecule has 1 atom stereocenters. The van der Waals surface area contributed by atoms with E-state index in [4.69, 9.17) is 5.84 Å². The average Bonchev–Trinajstić information content (AvgIpc) is 2.52. The van der Waals surface area contributed by atoms with Crippen LogP contribution in [-0.2, 0) is 0 Å². The third-order valence-corrected chi connectivity index (χ3v) is 2.48. The molecule has 0 saturated carbocycles. The van der Waals surface area contributed by atoms with E-state index in [-0.39, 0.29) is 6.04 Å². The molecule has 1 unspecified atom stereocenters. The number of hydrogen-bond acceptors (Lipinski definition) is 3. The predicted molar refractivity (Wildman–Crippen MR) is 49.2 cm³/mol. The molecule has 1 heterocycles. The SMILES string of the molecule is C=CCC(NN)c1cccs1. The molecule has 0 aromatic carbocycles. The van der Waals surface area contributed by atoms with Crippen LogP contribution in [0.4, 0.5) is 0 Å². The van der Waals surface area contributed by atoms with Gasteiger partial charge in [-0.2, -0.15) is 0 Å². The summed E-state index contributed by atoms with van der Waals surface area (Å²) in [6.07, 6.45) is 2.74. The van der Waals surface area contributed by atoms with Crippen LogP contribution in [0.1, 0.15) is 17.3 Å². The standard InChI is InChI=1S/C8H12N2S/c1-2-4-7(10-9)8-5-3-6-11-8/h2-3,5-7,10H,1,4,9H2. The van der Waals surface area contributed by atoms with Crippen LogP contribution < -0.4 is 11.3 Å². The van der Waals surface area contributed by atoms with Crippen LogP contribution in [0.3, 0.4) is 0 Å². The molecule has 0 spiro atoms. The molecule has 11 heavy (non-hydrogen) atoms. The van der Waals surface area contributed by atoms with Crippen molar-refractivity contribution in [2.24, 2.45) is 5.84 Å². The molecule has 0 bridgehead atoms. The summed E-state index contributed by atoms with van der Waals surface area (Å²) in [7, 11) is 0. The lowest BCUT2D eigenvalue weighted by Gasteiger charge is -2.10. The highest BCUT2D eigenvalue weighted by molar-refractivity contribution is 7.10. The number of nitrogens with one attached hydrogen (secondary N) is 1. The number of thiophene rings is 1. The molecule has 1 aromatic rings. The zero-order valence-corrected chi connectivity index (χ0v) is 7.10. The minimum atomic E-state index is 0.229. The third kappa shape index (κ3) is 2.15. The summed E-state index contributed by atoms with van der Waals surface area (Å²) in [5, 5.41) is 2.04. The Morgan fingerprint density at radius 2 is 2.64 bits per heavy atom. The van der Waals surface area contributed by atoms with Gasteiger partial charge in [-0.05, 0) is 17.9 Å². The molecule has 3 N–H and O–H groups in total. The maximum atomic E-state index is 5.36. The Labute approximate surface area is 70.7 Å². The van der Waals surface area contributed by atoms with Crippen molar-refractivity contribution in [2.75, 3.05) is 0 Å². The molecule has 0 fully saturated rings. The van der Waals surface area contributed by atoms with Crippen molar-refractivity contribution in [3.63, 3.8) is 0 Å². The van der Waals surface area contributed by atoms with Crippen molar-refractivity contribution in [3.8, 4) is 0 Å². The molecule has 0 aliphatic heterocycles. The van der Waals surface area contributed by atoms with Crippen molar-refractivity contribution in [3.05, 3.63) is 35.0 Å². The van der Waals surface area contributed by atoms with E-state index < -0.39 is 0 Å². The van der Waals surface area contributed by atoms with Gasteiger partial charge in [0.05, 0.1) is 6.04 Å².